The smallest absolute Gasteiger partial charge is 0.333 e. The SMILES string of the molecule is CC(C)O.COc1ccc(F)cc1CCn1c(=O)n(C(C)(C)C(=O)N2CCCC2)c(=O)c2c(C)c(-n3cccn3)sc21. The summed E-state index contributed by atoms with van der Waals surface area (Å²) in [5, 5.41) is 13.4. The molecule has 1 amide bonds. The summed E-state index contributed by atoms with van der Waals surface area (Å²) in [4.78, 5) is 43.8. The maximum Gasteiger partial charge on any atom is 0.333 e. The first-order valence-electron chi connectivity index (χ1n) is 14.0. The number of methoxy groups -OCH3 is 1. The Kier molecular flexibility index (Phi) is 9.37. The summed E-state index contributed by atoms with van der Waals surface area (Å²) in [5.41, 5.74) is -1.21. The van der Waals surface area contributed by atoms with Gasteiger partial charge in [0.2, 0.25) is 5.91 Å². The number of ether oxygens (including phenoxy) is 1. The zero-order chi connectivity index (χ0) is 30.8. The lowest BCUT2D eigenvalue weighted by Gasteiger charge is -2.31. The monoisotopic (exact) mass is 599 g/mol. The minimum Gasteiger partial charge on any atom is -0.496 e. The molecule has 226 valence electrons. The van der Waals surface area contributed by atoms with Crippen LogP contribution in [0.15, 0.2) is 46.2 Å². The molecule has 0 unspecified atom stereocenters. The molecule has 4 aromatic rings. The van der Waals surface area contributed by atoms with Gasteiger partial charge in [-0.2, -0.15) is 5.10 Å². The molecule has 1 N–H and O–H groups in total. The van der Waals surface area contributed by atoms with Crippen LogP contribution in [0.2, 0.25) is 0 Å². The fraction of sp³-hybridized carbons (Fsp3) is 0.467. The number of fused-ring (bicyclic) bond motifs is 1. The summed E-state index contributed by atoms with van der Waals surface area (Å²) in [6.07, 6.45) is 5.32. The number of aliphatic hydroxyl groups excluding tert-OH is 1. The topological polar surface area (TPSA) is 112 Å². The zero-order valence-electron chi connectivity index (χ0n) is 24.9. The molecular formula is C30H38FN5O5S. The normalized spacial score (nSPS) is 13.5. The Morgan fingerprint density at radius 1 is 1.21 bits per heavy atom. The molecule has 0 radical (unpaired) electrons. The molecule has 1 saturated heterocycles. The van der Waals surface area contributed by atoms with Crippen molar-refractivity contribution in [3.8, 4) is 10.8 Å². The minimum atomic E-state index is -1.40. The standard InChI is InChI=1S/C27H30FN5O4S.C3H8O/c1-17-21-22(34)33(27(2,3)25(35)30-12-5-6-13-30)26(36)31(24(21)38-23(17)32-14-7-11-29-32)15-10-18-16-19(28)8-9-20(18)37-4;1-3(2)4/h7-9,11,14,16H,5-6,10,12-13,15H2,1-4H3;3-4H,1-2H3. The van der Waals surface area contributed by atoms with Crippen molar-refractivity contribution >= 4 is 27.5 Å². The number of likely N-dealkylation sites (tertiary alicyclic amines) is 1. The van der Waals surface area contributed by atoms with E-state index in [9.17, 15) is 18.8 Å². The second kappa shape index (κ2) is 12.6. The molecule has 4 heterocycles. The first-order chi connectivity index (χ1) is 19.9. The van der Waals surface area contributed by atoms with Crippen molar-refractivity contribution in [2.24, 2.45) is 0 Å². The number of hydrogen-bond acceptors (Lipinski definition) is 7. The number of benzene rings is 1. The number of aromatic nitrogens is 4. The average Bonchev–Trinajstić information content (AvgIpc) is 3.70. The fourth-order valence-corrected chi connectivity index (χ4v) is 6.47. The Morgan fingerprint density at radius 2 is 1.88 bits per heavy atom. The number of carbonyl (C=O) groups excluding carboxylic acids is 1. The maximum atomic E-state index is 14.1. The van der Waals surface area contributed by atoms with Gasteiger partial charge in [0.1, 0.15) is 26.9 Å². The van der Waals surface area contributed by atoms with Crippen LogP contribution in [-0.4, -0.2) is 61.1 Å². The highest BCUT2D eigenvalue weighted by molar-refractivity contribution is 7.21. The predicted octanol–water partition coefficient (Wildman–Crippen LogP) is 3.85. The summed E-state index contributed by atoms with van der Waals surface area (Å²) in [6, 6.07) is 6.03. The lowest BCUT2D eigenvalue weighted by Crippen LogP contribution is -2.56. The van der Waals surface area contributed by atoms with E-state index >= 15 is 0 Å². The molecule has 10 nitrogen and oxygen atoms in total. The fourth-order valence-electron chi connectivity index (χ4n) is 5.21. The van der Waals surface area contributed by atoms with Crippen molar-refractivity contribution < 1.29 is 19.0 Å². The maximum absolute atomic E-state index is 14.1. The van der Waals surface area contributed by atoms with E-state index in [1.54, 1.807) is 61.8 Å². The molecule has 0 aliphatic carbocycles. The largest absolute Gasteiger partial charge is 0.496 e. The number of aryl methyl sites for hydroxylation is 3. The van der Waals surface area contributed by atoms with E-state index in [-0.39, 0.29) is 25.0 Å². The lowest BCUT2D eigenvalue weighted by atomic mass is 10.0. The summed E-state index contributed by atoms with van der Waals surface area (Å²) in [5.74, 6) is -0.159. The van der Waals surface area contributed by atoms with Gasteiger partial charge in [-0.1, -0.05) is 11.3 Å². The highest BCUT2D eigenvalue weighted by Crippen LogP contribution is 2.32. The third kappa shape index (κ3) is 6.05. The van der Waals surface area contributed by atoms with Gasteiger partial charge < -0.3 is 14.7 Å². The van der Waals surface area contributed by atoms with Crippen molar-refractivity contribution in [3.05, 3.63) is 74.4 Å². The molecule has 1 aromatic carbocycles. The van der Waals surface area contributed by atoms with Gasteiger partial charge in [0.05, 0.1) is 12.5 Å². The van der Waals surface area contributed by atoms with E-state index in [4.69, 9.17) is 9.84 Å². The van der Waals surface area contributed by atoms with E-state index in [0.717, 1.165) is 17.4 Å². The van der Waals surface area contributed by atoms with Gasteiger partial charge in [-0.15, -0.1) is 0 Å². The Hall–Kier alpha value is -3.77. The molecule has 3 aromatic heterocycles. The van der Waals surface area contributed by atoms with Gasteiger partial charge in [0.15, 0.2) is 0 Å². The Morgan fingerprint density at radius 3 is 2.48 bits per heavy atom. The number of carbonyl (C=O) groups is 1. The van der Waals surface area contributed by atoms with E-state index in [0.29, 0.717) is 45.2 Å². The van der Waals surface area contributed by atoms with Crippen LogP contribution in [0.5, 0.6) is 5.75 Å². The lowest BCUT2D eigenvalue weighted by molar-refractivity contribution is -0.138. The first-order valence-corrected chi connectivity index (χ1v) is 14.8. The third-order valence-corrected chi connectivity index (χ3v) is 8.53. The van der Waals surface area contributed by atoms with Crippen LogP contribution < -0.4 is 16.0 Å². The molecule has 42 heavy (non-hydrogen) atoms. The molecule has 0 spiro atoms. The van der Waals surface area contributed by atoms with Crippen molar-refractivity contribution in [2.45, 2.75) is 72.1 Å². The molecule has 0 bridgehead atoms. The van der Waals surface area contributed by atoms with Gasteiger partial charge in [0.25, 0.3) is 5.56 Å². The predicted molar refractivity (Wildman–Crippen MR) is 161 cm³/mol. The average molecular weight is 600 g/mol. The molecule has 5 rings (SSSR count). The second-order valence-electron chi connectivity index (χ2n) is 11.1. The highest BCUT2D eigenvalue weighted by Gasteiger charge is 2.39. The first kappa shape index (κ1) is 31.2. The van der Waals surface area contributed by atoms with E-state index in [2.05, 4.69) is 5.10 Å². The molecule has 1 fully saturated rings. The molecule has 1 aliphatic heterocycles. The van der Waals surface area contributed by atoms with Crippen LogP contribution in [0.3, 0.4) is 0 Å². The number of nitrogens with zero attached hydrogens (tertiary/aromatic N) is 5. The van der Waals surface area contributed by atoms with Crippen LogP contribution in [-0.2, 0) is 23.3 Å². The van der Waals surface area contributed by atoms with Crippen molar-refractivity contribution in [1.29, 1.82) is 0 Å². The van der Waals surface area contributed by atoms with Gasteiger partial charge in [-0.3, -0.25) is 14.2 Å². The minimum absolute atomic E-state index is 0.155. The molecule has 1 aliphatic rings. The van der Waals surface area contributed by atoms with Crippen molar-refractivity contribution in [3.63, 3.8) is 0 Å². The van der Waals surface area contributed by atoms with Gasteiger partial charge in [-0.05, 0) is 83.7 Å². The van der Waals surface area contributed by atoms with Crippen molar-refractivity contribution in [2.75, 3.05) is 20.2 Å². The number of hydrogen-bond donors (Lipinski definition) is 1. The Labute approximate surface area is 247 Å². The molecular weight excluding hydrogens is 561 g/mol. The Bertz CT molecular complexity index is 1680. The van der Waals surface area contributed by atoms with Crippen molar-refractivity contribution in [1.82, 2.24) is 23.8 Å². The third-order valence-electron chi connectivity index (χ3n) is 7.22. The Balaban J connectivity index is 0.000000952. The molecule has 0 atom stereocenters. The summed E-state index contributed by atoms with van der Waals surface area (Å²) in [6.45, 7) is 9.88. The van der Waals surface area contributed by atoms with E-state index in [1.807, 2.05) is 6.92 Å². The van der Waals surface area contributed by atoms with Gasteiger partial charge in [-0.25, -0.2) is 18.4 Å². The van der Waals surface area contributed by atoms with E-state index < -0.39 is 22.6 Å². The number of halogens is 1. The van der Waals surface area contributed by atoms with Crippen LogP contribution in [0.25, 0.3) is 15.2 Å². The van der Waals surface area contributed by atoms with Crippen LogP contribution in [0.1, 0.15) is 51.7 Å². The highest BCUT2D eigenvalue weighted by atomic mass is 32.1. The van der Waals surface area contributed by atoms with Gasteiger partial charge in [0, 0.05) is 43.7 Å². The summed E-state index contributed by atoms with van der Waals surface area (Å²) < 4.78 is 23.7. The number of thiophene rings is 1. The molecule has 0 saturated carbocycles. The van der Waals surface area contributed by atoms with E-state index in [1.165, 1.54) is 35.1 Å². The molecule has 12 heteroatoms. The van der Waals surface area contributed by atoms with Crippen LogP contribution in [0, 0.1) is 12.7 Å². The second-order valence-corrected chi connectivity index (χ2v) is 12.1. The van der Waals surface area contributed by atoms with Crippen LogP contribution >= 0.6 is 11.3 Å². The summed E-state index contributed by atoms with van der Waals surface area (Å²) >= 11 is 1.29. The number of amides is 1. The summed E-state index contributed by atoms with van der Waals surface area (Å²) in [7, 11) is 1.51. The number of aliphatic hydroxyl groups is 1. The zero-order valence-corrected chi connectivity index (χ0v) is 25.7. The number of rotatable bonds is 7. The quantitative estimate of drug-likeness (QED) is 0.346. The van der Waals surface area contributed by atoms with Crippen LogP contribution in [0.4, 0.5) is 4.39 Å². The van der Waals surface area contributed by atoms with Gasteiger partial charge >= 0.3 is 5.69 Å².